The van der Waals surface area contributed by atoms with Gasteiger partial charge in [0.2, 0.25) is 0 Å². The summed E-state index contributed by atoms with van der Waals surface area (Å²) in [6.45, 7) is 4.85. The van der Waals surface area contributed by atoms with Crippen LogP contribution in [0.25, 0.3) is 0 Å². The topological polar surface area (TPSA) is 21.3 Å². The Morgan fingerprint density at radius 2 is 2.16 bits per heavy atom. The number of hydrogen-bond donors (Lipinski definition) is 1. The van der Waals surface area contributed by atoms with Gasteiger partial charge < -0.3 is 10.1 Å². The van der Waals surface area contributed by atoms with Crippen molar-refractivity contribution in [3.63, 3.8) is 0 Å². The minimum absolute atomic E-state index is 0.0903. The molecule has 2 rings (SSSR count). The SMILES string of the molecule is CCCNC(c1ccc(C)c(F)c1)C(OC)C1CC1. The van der Waals surface area contributed by atoms with Crippen molar-refractivity contribution in [1.82, 2.24) is 5.32 Å². The lowest BCUT2D eigenvalue weighted by atomic mass is 9.96. The van der Waals surface area contributed by atoms with Gasteiger partial charge in [-0.1, -0.05) is 19.1 Å². The molecule has 1 fully saturated rings. The highest BCUT2D eigenvalue weighted by Gasteiger charge is 2.37. The van der Waals surface area contributed by atoms with Gasteiger partial charge in [0.05, 0.1) is 12.1 Å². The Morgan fingerprint density at radius 1 is 1.42 bits per heavy atom. The van der Waals surface area contributed by atoms with Crippen LogP contribution in [-0.2, 0) is 4.74 Å². The summed E-state index contributed by atoms with van der Waals surface area (Å²) in [5, 5.41) is 3.51. The minimum atomic E-state index is -0.133. The molecular weight excluding hydrogens is 241 g/mol. The third-order valence-corrected chi connectivity index (χ3v) is 3.86. The standard InChI is InChI=1S/C16H24FNO/c1-4-9-18-15(16(19-3)12-7-8-12)13-6-5-11(2)14(17)10-13/h5-6,10,12,15-16,18H,4,7-9H2,1-3H3. The second-order valence-corrected chi connectivity index (χ2v) is 5.48. The number of rotatable bonds is 7. The third kappa shape index (κ3) is 3.54. The Balaban J connectivity index is 2.21. The predicted octanol–water partition coefficient (Wildman–Crippen LogP) is 3.60. The van der Waals surface area contributed by atoms with E-state index in [1.165, 1.54) is 12.8 Å². The van der Waals surface area contributed by atoms with Crippen molar-refractivity contribution >= 4 is 0 Å². The van der Waals surface area contributed by atoms with Crippen LogP contribution >= 0.6 is 0 Å². The first kappa shape index (κ1) is 14.5. The molecule has 0 saturated heterocycles. The lowest BCUT2D eigenvalue weighted by Crippen LogP contribution is -2.35. The van der Waals surface area contributed by atoms with Crippen molar-refractivity contribution in [2.75, 3.05) is 13.7 Å². The van der Waals surface area contributed by atoms with Crippen LogP contribution in [0.4, 0.5) is 4.39 Å². The van der Waals surface area contributed by atoms with E-state index in [1.807, 2.05) is 12.1 Å². The van der Waals surface area contributed by atoms with E-state index >= 15 is 0 Å². The second kappa shape index (κ2) is 6.49. The molecular formula is C16H24FNO. The van der Waals surface area contributed by atoms with Crippen molar-refractivity contribution in [2.24, 2.45) is 5.92 Å². The molecule has 0 aliphatic heterocycles. The van der Waals surface area contributed by atoms with Crippen LogP contribution in [0.5, 0.6) is 0 Å². The molecule has 2 unspecified atom stereocenters. The monoisotopic (exact) mass is 265 g/mol. The second-order valence-electron chi connectivity index (χ2n) is 5.48. The average molecular weight is 265 g/mol. The normalized spacial score (nSPS) is 18.3. The molecule has 2 atom stereocenters. The first-order valence-corrected chi connectivity index (χ1v) is 7.19. The Hall–Kier alpha value is -0.930. The smallest absolute Gasteiger partial charge is 0.126 e. The van der Waals surface area contributed by atoms with Gasteiger partial charge in [0.15, 0.2) is 0 Å². The van der Waals surface area contributed by atoms with E-state index in [0.29, 0.717) is 11.5 Å². The fourth-order valence-corrected chi connectivity index (χ4v) is 2.55. The first-order valence-electron chi connectivity index (χ1n) is 7.19. The van der Waals surface area contributed by atoms with E-state index in [9.17, 15) is 4.39 Å². The zero-order chi connectivity index (χ0) is 13.8. The molecule has 1 aliphatic rings. The van der Waals surface area contributed by atoms with Gasteiger partial charge in [-0.05, 0) is 55.8 Å². The summed E-state index contributed by atoms with van der Waals surface area (Å²) >= 11 is 0. The summed E-state index contributed by atoms with van der Waals surface area (Å²) in [5.74, 6) is 0.482. The van der Waals surface area contributed by atoms with Gasteiger partial charge in [-0.25, -0.2) is 4.39 Å². The van der Waals surface area contributed by atoms with Gasteiger partial charge in [0, 0.05) is 7.11 Å². The molecule has 0 amide bonds. The molecule has 0 heterocycles. The number of methoxy groups -OCH3 is 1. The Bertz CT molecular complexity index is 417. The number of aryl methyl sites for hydroxylation is 1. The van der Waals surface area contributed by atoms with Gasteiger partial charge in [0.1, 0.15) is 5.82 Å². The van der Waals surface area contributed by atoms with Crippen molar-refractivity contribution in [1.29, 1.82) is 0 Å². The van der Waals surface area contributed by atoms with Gasteiger partial charge in [-0.15, -0.1) is 0 Å². The van der Waals surface area contributed by atoms with E-state index in [0.717, 1.165) is 18.5 Å². The van der Waals surface area contributed by atoms with Crippen molar-refractivity contribution < 1.29 is 9.13 Å². The molecule has 106 valence electrons. The van der Waals surface area contributed by atoms with Crippen LogP contribution in [-0.4, -0.2) is 19.8 Å². The molecule has 2 nitrogen and oxygen atoms in total. The van der Waals surface area contributed by atoms with Crippen LogP contribution in [0.1, 0.15) is 43.4 Å². The lowest BCUT2D eigenvalue weighted by Gasteiger charge is -2.28. The number of nitrogens with one attached hydrogen (secondary N) is 1. The molecule has 1 aromatic rings. The maximum atomic E-state index is 13.8. The highest BCUT2D eigenvalue weighted by molar-refractivity contribution is 5.27. The molecule has 0 radical (unpaired) electrons. The molecule has 19 heavy (non-hydrogen) atoms. The third-order valence-electron chi connectivity index (χ3n) is 3.86. The highest BCUT2D eigenvalue weighted by Crippen LogP contribution is 2.40. The largest absolute Gasteiger partial charge is 0.379 e. The van der Waals surface area contributed by atoms with Crippen molar-refractivity contribution in [3.05, 3.63) is 35.1 Å². The highest BCUT2D eigenvalue weighted by atomic mass is 19.1. The van der Waals surface area contributed by atoms with Crippen LogP contribution in [0.15, 0.2) is 18.2 Å². The summed E-state index contributed by atoms with van der Waals surface area (Å²) in [5.41, 5.74) is 1.69. The van der Waals surface area contributed by atoms with Crippen LogP contribution in [0.3, 0.4) is 0 Å². The lowest BCUT2D eigenvalue weighted by molar-refractivity contribution is 0.0506. The molecule has 0 bridgehead atoms. The fourth-order valence-electron chi connectivity index (χ4n) is 2.55. The zero-order valence-electron chi connectivity index (χ0n) is 12.1. The zero-order valence-corrected chi connectivity index (χ0v) is 12.1. The Kier molecular flexibility index (Phi) is 4.94. The van der Waals surface area contributed by atoms with E-state index in [-0.39, 0.29) is 18.0 Å². The Labute approximate surface area is 115 Å². The first-order chi connectivity index (χ1) is 9.17. The fraction of sp³-hybridized carbons (Fsp3) is 0.625. The van der Waals surface area contributed by atoms with Crippen LogP contribution < -0.4 is 5.32 Å². The molecule has 0 aromatic heterocycles. The number of halogens is 1. The van der Waals surface area contributed by atoms with E-state index in [2.05, 4.69) is 12.2 Å². The molecule has 1 aliphatic carbocycles. The van der Waals surface area contributed by atoms with Gasteiger partial charge in [-0.3, -0.25) is 0 Å². The van der Waals surface area contributed by atoms with Gasteiger partial charge in [0.25, 0.3) is 0 Å². The summed E-state index contributed by atoms with van der Waals surface area (Å²) in [4.78, 5) is 0. The average Bonchev–Trinajstić information content (AvgIpc) is 3.22. The maximum Gasteiger partial charge on any atom is 0.126 e. The van der Waals surface area contributed by atoms with Crippen molar-refractivity contribution in [3.8, 4) is 0 Å². The number of hydrogen-bond acceptors (Lipinski definition) is 2. The molecule has 1 saturated carbocycles. The van der Waals surface area contributed by atoms with Crippen LogP contribution in [0, 0.1) is 18.7 Å². The summed E-state index contributed by atoms with van der Waals surface area (Å²) in [6, 6.07) is 5.61. The van der Waals surface area contributed by atoms with Crippen LogP contribution in [0.2, 0.25) is 0 Å². The van der Waals surface area contributed by atoms with E-state index in [1.54, 1.807) is 20.1 Å². The van der Waals surface area contributed by atoms with E-state index < -0.39 is 0 Å². The molecule has 3 heteroatoms. The summed E-state index contributed by atoms with van der Waals surface area (Å²) < 4.78 is 19.5. The number of benzene rings is 1. The maximum absolute atomic E-state index is 13.8. The quantitative estimate of drug-likeness (QED) is 0.813. The summed E-state index contributed by atoms with van der Waals surface area (Å²) in [7, 11) is 1.76. The molecule has 1 N–H and O–H groups in total. The van der Waals surface area contributed by atoms with Crippen molar-refractivity contribution in [2.45, 2.75) is 45.3 Å². The molecule has 1 aromatic carbocycles. The number of ether oxygens (including phenoxy) is 1. The van der Waals surface area contributed by atoms with Gasteiger partial charge >= 0.3 is 0 Å². The predicted molar refractivity (Wildman–Crippen MR) is 75.7 cm³/mol. The Morgan fingerprint density at radius 3 is 2.68 bits per heavy atom. The van der Waals surface area contributed by atoms with E-state index in [4.69, 9.17) is 4.74 Å². The summed E-state index contributed by atoms with van der Waals surface area (Å²) in [6.07, 6.45) is 3.65. The molecule has 0 spiro atoms. The van der Waals surface area contributed by atoms with Gasteiger partial charge in [-0.2, -0.15) is 0 Å². The minimum Gasteiger partial charge on any atom is -0.379 e.